The van der Waals surface area contributed by atoms with Gasteiger partial charge in [-0.25, -0.2) is 4.39 Å². The van der Waals surface area contributed by atoms with Gasteiger partial charge in [-0.15, -0.1) is 11.6 Å². The summed E-state index contributed by atoms with van der Waals surface area (Å²) in [7, 11) is 1.51. The Bertz CT molecular complexity index is 387. The quantitative estimate of drug-likeness (QED) is 0.704. The Morgan fingerprint density at radius 3 is 2.38 bits per heavy atom. The molecule has 4 heteroatoms. The summed E-state index contributed by atoms with van der Waals surface area (Å²) in [4.78, 5) is 0. The molecule has 1 rings (SSSR count). The molecule has 0 radical (unpaired) electrons. The van der Waals surface area contributed by atoms with Crippen molar-refractivity contribution in [1.82, 2.24) is 0 Å². The lowest BCUT2D eigenvalue weighted by atomic mass is 9.87. The van der Waals surface area contributed by atoms with Crippen LogP contribution < -0.4 is 4.74 Å². The summed E-state index contributed by atoms with van der Waals surface area (Å²) in [5, 5.41) is -0.237. The maximum absolute atomic E-state index is 13.3. The first-order chi connectivity index (χ1) is 7.27. The van der Waals surface area contributed by atoms with E-state index in [1.54, 1.807) is 6.07 Å². The zero-order chi connectivity index (χ0) is 12.5. The second-order valence-corrected chi connectivity index (χ2v) is 6.03. The fourth-order valence-electron chi connectivity index (χ4n) is 1.39. The van der Waals surface area contributed by atoms with Gasteiger partial charge >= 0.3 is 0 Å². The maximum Gasteiger partial charge on any atom is 0.141 e. The van der Waals surface area contributed by atoms with Crippen molar-refractivity contribution >= 4 is 27.5 Å². The van der Waals surface area contributed by atoms with Gasteiger partial charge in [-0.2, -0.15) is 0 Å². The highest BCUT2D eigenvalue weighted by molar-refractivity contribution is 9.10. The molecule has 1 aromatic carbocycles. The van der Waals surface area contributed by atoms with Crippen LogP contribution in [-0.2, 0) is 0 Å². The number of methoxy groups -OCH3 is 1. The van der Waals surface area contributed by atoms with Crippen molar-refractivity contribution in [2.24, 2.45) is 5.41 Å². The highest BCUT2D eigenvalue weighted by Crippen LogP contribution is 2.43. The lowest BCUT2D eigenvalue weighted by Crippen LogP contribution is -2.14. The van der Waals surface area contributed by atoms with E-state index in [4.69, 9.17) is 16.3 Å². The molecule has 0 spiro atoms. The molecular weight excluding hydrogens is 294 g/mol. The van der Waals surface area contributed by atoms with Crippen LogP contribution in [0.25, 0.3) is 0 Å². The predicted octanol–water partition coefficient (Wildman–Crippen LogP) is 4.92. The van der Waals surface area contributed by atoms with Gasteiger partial charge in [0.15, 0.2) is 0 Å². The Hall–Kier alpha value is -0.280. The van der Waals surface area contributed by atoms with E-state index in [-0.39, 0.29) is 16.6 Å². The van der Waals surface area contributed by atoms with E-state index in [1.165, 1.54) is 13.2 Å². The fraction of sp³-hybridized carbons (Fsp3) is 0.500. The van der Waals surface area contributed by atoms with Crippen LogP contribution in [0.5, 0.6) is 5.75 Å². The molecule has 0 amide bonds. The Balaban J connectivity index is 3.27. The smallest absolute Gasteiger partial charge is 0.141 e. The highest BCUT2D eigenvalue weighted by Gasteiger charge is 2.27. The van der Waals surface area contributed by atoms with E-state index < -0.39 is 0 Å². The molecule has 1 nitrogen and oxygen atoms in total. The average molecular weight is 310 g/mol. The number of benzene rings is 1. The van der Waals surface area contributed by atoms with Crippen LogP contribution in [0.4, 0.5) is 4.39 Å². The lowest BCUT2D eigenvalue weighted by Gasteiger charge is -2.27. The van der Waals surface area contributed by atoms with Gasteiger partial charge in [0.1, 0.15) is 11.6 Å². The second kappa shape index (κ2) is 4.92. The molecule has 0 fully saturated rings. The fourth-order valence-corrected chi connectivity index (χ4v) is 1.92. The van der Waals surface area contributed by atoms with Crippen molar-refractivity contribution in [3.63, 3.8) is 0 Å². The standard InChI is InChI=1S/C12H15BrClFO/c1-12(2,3)11(14)7-5-8(13)9(15)6-10(7)16-4/h5-6,11H,1-4H3. The third-order valence-corrected chi connectivity index (χ3v) is 3.80. The van der Waals surface area contributed by atoms with Crippen LogP contribution in [0.1, 0.15) is 31.7 Å². The molecule has 0 aliphatic carbocycles. The number of alkyl halides is 1. The number of ether oxygens (including phenoxy) is 1. The number of halogens is 3. The zero-order valence-corrected chi connectivity index (χ0v) is 12.1. The van der Waals surface area contributed by atoms with Crippen molar-refractivity contribution in [1.29, 1.82) is 0 Å². The van der Waals surface area contributed by atoms with E-state index in [2.05, 4.69) is 15.9 Å². The minimum Gasteiger partial charge on any atom is -0.496 e. The summed E-state index contributed by atoms with van der Waals surface area (Å²) >= 11 is 9.52. The van der Waals surface area contributed by atoms with Gasteiger partial charge in [-0.1, -0.05) is 20.8 Å². The largest absolute Gasteiger partial charge is 0.496 e. The minimum atomic E-state index is -0.349. The number of rotatable bonds is 2. The maximum atomic E-state index is 13.3. The van der Waals surface area contributed by atoms with Crippen LogP contribution in [-0.4, -0.2) is 7.11 Å². The topological polar surface area (TPSA) is 9.23 Å². The van der Waals surface area contributed by atoms with Gasteiger partial charge in [0, 0.05) is 11.6 Å². The molecule has 0 bridgehead atoms. The van der Waals surface area contributed by atoms with Gasteiger partial charge in [-0.05, 0) is 27.4 Å². The van der Waals surface area contributed by atoms with E-state index in [9.17, 15) is 4.39 Å². The molecule has 0 aliphatic heterocycles. The van der Waals surface area contributed by atoms with E-state index in [0.29, 0.717) is 10.2 Å². The van der Waals surface area contributed by atoms with Gasteiger partial charge in [0.2, 0.25) is 0 Å². The Kier molecular flexibility index (Phi) is 4.24. The SMILES string of the molecule is COc1cc(F)c(Br)cc1C(Cl)C(C)(C)C. The Morgan fingerprint density at radius 1 is 1.38 bits per heavy atom. The second-order valence-electron chi connectivity index (χ2n) is 4.74. The van der Waals surface area contributed by atoms with Crippen molar-refractivity contribution in [2.75, 3.05) is 7.11 Å². The first-order valence-electron chi connectivity index (χ1n) is 4.94. The van der Waals surface area contributed by atoms with Gasteiger partial charge in [-0.3, -0.25) is 0 Å². The first kappa shape index (κ1) is 13.8. The normalized spacial score (nSPS) is 13.7. The van der Waals surface area contributed by atoms with Gasteiger partial charge in [0.25, 0.3) is 0 Å². The summed E-state index contributed by atoms with van der Waals surface area (Å²) in [6.07, 6.45) is 0. The average Bonchev–Trinajstić information content (AvgIpc) is 2.19. The summed E-state index contributed by atoms with van der Waals surface area (Å²) in [5.41, 5.74) is 0.677. The van der Waals surface area contributed by atoms with Crippen molar-refractivity contribution in [3.8, 4) is 5.75 Å². The molecular formula is C12H15BrClFO. The molecule has 1 unspecified atom stereocenters. The van der Waals surface area contributed by atoms with Crippen molar-refractivity contribution in [3.05, 3.63) is 28.0 Å². The molecule has 1 aromatic rings. The van der Waals surface area contributed by atoms with Crippen LogP contribution >= 0.6 is 27.5 Å². The molecule has 0 aliphatic rings. The van der Waals surface area contributed by atoms with Crippen LogP contribution in [0, 0.1) is 11.2 Å². The molecule has 0 saturated carbocycles. The van der Waals surface area contributed by atoms with Crippen molar-refractivity contribution < 1.29 is 9.13 Å². The monoisotopic (exact) mass is 308 g/mol. The number of hydrogen-bond donors (Lipinski definition) is 0. The summed E-state index contributed by atoms with van der Waals surface area (Å²) in [5.74, 6) is 0.133. The van der Waals surface area contributed by atoms with E-state index >= 15 is 0 Å². The van der Waals surface area contributed by atoms with Crippen LogP contribution in [0.3, 0.4) is 0 Å². The Morgan fingerprint density at radius 2 is 1.94 bits per heavy atom. The lowest BCUT2D eigenvalue weighted by molar-refractivity contribution is 0.367. The van der Waals surface area contributed by atoms with Crippen LogP contribution in [0.2, 0.25) is 0 Å². The molecule has 0 heterocycles. The molecule has 1 atom stereocenters. The number of hydrogen-bond acceptors (Lipinski definition) is 1. The third-order valence-electron chi connectivity index (χ3n) is 2.31. The van der Waals surface area contributed by atoms with Gasteiger partial charge < -0.3 is 4.74 Å². The molecule has 16 heavy (non-hydrogen) atoms. The summed E-state index contributed by atoms with van der Waals surface area (Å²) in [6.45, 7) is 6.09. The minimum absolute atomic E-state index is 0.119. The van der Waals surface area contributed by atoms with E-state index in [0.717, 1.165) is 5.56 Å². The highest BCUT2D eigenvalue weighted by atomic mass is 79.9. The molecule has 0 saturated heterocycles. The zero-order valence-electron chi connectivity index (χ0n) is 9.77. The summed E-state index contributed by atoms with van der Waals surface area (Å²) in [6, 6.07) is 3.03. The van der Waals surface area contributed by atoms with Crippen LogP contribution in [0.15, 0.2) is 16.6 Å². The predicted molar refractivity (Wildman–Crippen MR) is 68.7 cm³/mol. The molecule has 0 N–H and O–H groups in total. The van der Waals surface area contributed by atoms with E-state index in [1.807, 2.05) is 20.8 Å². The molecule has 90 valence electrons. The Labute approximate surface area is 109 Å². The van der Waals surface area contributed by atoms with Gasteiger partial charge in [0.05, 0.1) is 17.0 Å². The summed E-state index contributed by atoms with van der Waals surface area (Å²) < 4.78 is 18.9. The first-order valence-corrected chi connectivity index (χ1v) is 6.17. The third kappa shape index (κ3) is 2.89. The molecule has 0 aromatic heterocycles. The van der Waals surface area contributed by atoms with Crippen molar-refractivity contribution in [2.45, 2.75) is 26.1 Å².